The van der Waals surface area contributed by atoms with Crippen LogP contribution in [-0.2, 0) is 0 Å². The maximum absolute atomic E-state index is 11.8. The van der Waals surface area contributed by atoms with E-state index in [0.29, 0.717) is 0 Å². The third kappa shape index (κ3) is 1.89. The van der Waals surface area contributed by atoms with E-state index in [2.05, 4.69) is 20.6 Å². The molecule has 0 spiro atoms. The van der Waals surface area contributed by atoms with Crippen LogP contribution in [-0.4, -0.2) is 44.0 Å². The van der Waals surface area contributed by atoms with Crippen molar-refractivity contribution in [2.24, 2.45) is 0 Å². The molecule has 1 aromatic heterocycles. The SMILES string of the molecule is CCC(C)(C)N(C)C(=O)c1nn[nH]n1. The number of carbonyl (C=O) groups excluding carboxylic acids is 1. The lowest BCUT2D eigenvalue weighted by molar-refractivity contribution is 0.0607. The molecule has 0 aliphatic heterocycles. The van der Waals surface area contributed by atoms with E-state index in [1.807, 2.05) is 20.8 Å². The highest BCUT2D eigenvalue weighted by atomic mass is 16.2. The van der Waals surface area contributed by atoms with Crippen LogP contribution in [0.1, 0.15) is 37.8 Å². The first-order valence-electron chi connectivity index (χ1n) is 4.50. The number of rotatable bonds is 3. The van der Waals surface area contributed by atoms with Crippen LogP contribution < -0.4 is 0 Å². The zero-order valence-electron chi connectivity index (χ0n) is 8.90. The standard InChI is InChI=1S/C8H15N5O/c1-5-8(2,3)13(4)7(14)6-9-11-12-10-6/h5H2,1-4H3,(H,9,10,11,12). The van der Waals surface area contributed by atoms with Gasteiger partial charge in [-0.2, -0.15) is 5.21 Å². The smallest absolute Gasteiger partial charge is 0.295 e. The first kappa shape index (κ1) is 10.6. The molecule has 0 bridgehead atoms. The van der Waals surface area contributed by atoms with Crippen LogP contribution in [0.2, 0.25) is 0 Å². The lowest BCUT2D eigenvalue weighted by Crippen LogP contribution is -2.44. The minimum absolute atomic E-state index is 0.106. The Morgan fingerprint density at radius 1 is 1.57 bits per heavy atom. The van der Waals surface area contributed by atoms with Gasteiger partial charge in [-0.15, -0.1) is 10.2 Å². The predicted octanol–water partition coefficient (Wildman–Crippen LogP) is 0.460. The number of hydrogen-bond acceptors (Lipinski definition) is 4. The van der Waals surface area contributed by atoms with Gasteiger partial charge in [-0.3, -0.25) is 4.79 Å². The Kier molecular flexibility index (Phi) is 2.83. The summed E-state index contributed by atoms with van der Waals surface area (Å²) in [4.78, 5) is 13.4. The first-order valence-corrected chi connectivity index (χ1v) is 4.50. The van der Waals surface area contributed by atoms with Gasteiger partial charge < -0.3 is 4.90 Å². The van der Waals surface area contributed by atoms with Crippen molar-refractivity contribution in [1.29, 1.82) is 0 Å². The lowest BCUT2D eigenvalue weighted by Gasteiger charge is -2.33. The molecule has 0 aromatic carbocycles. The lowest BCUT2D eigenvalue weighted by atomic mass is 10.00. The molecule has 1 heterocycles. The van der Waals surface area contributed by atoms with Gasteiger partial charge >= 0.3 is 0 Å². The average molecular weight is 197 g/mol. The summed E-state index contributed by atoms with van der Waals surface area (Å²) in [5, 5.41) is 12.9. The van der Waals surface area contributed by atoms with Gasteiger partial charge in [-0.25, -0.2) is 0 Å². The zero-order valence-corrected chi connectivity index (χ0v) is 8.90. The van der Waals surface area contributed by atoms with Crippen molar-refractivity contribution in [2.75, 3.05) is 7.05 Å². The van der Waals surface area contributed by atoms with Gasteiger partial charge in [-0.05, 0) is 25.5 Å². The summed E-state index contributed by atoms with van der Waals surface area (Å²) >= 11 is 0. The summed E-state index contributed by atoms with van der Waals surface area (Å²) < 4.78 is 0. The van der Waals surface area contributed by atoms with Crippen LogP contribution in [0.15, 0.2) is 0 Å². The number of aromatic amines is 1. The molecule has 1 amide bonds. The van der Waals surface area contributed by atoms with E-state index in [-0.39, 0.29) is 17.3 Å². The fourth-order valence-electron chi connectivity index (χ4n) is 0.914. The highest BCUT2D eigenvalue weighted by molar-refractivity contribution is 5.90. The van der Waals surface area contributed by atoms with E-state index in [1.54, 1.807) is 11.9 Å². The maximum Gasteiger partial charge on any atom is 0.295 e. The number of hydrogen-bond donors (Lipinski definition) is 1. The van der Waals surface area contributed by atoms with Gasteiger partial charge in [0.05, 0.1) is 0 Å². The summed E-state index contributed by atoms with van der Waals surface area (Å²) in [5.74, 6) is -0.111. The fraction of sp³-hybridized carbons (Fsp3) is 0.750. The van der Waals surface area contributed by atoms with Crippen molar-refractivity contribution >= 4 is 5.91 Å². The second-order valence-corrected chi connectivity index (χ2v) is 3.77. The molecule has 1 N–H and O–H groups in total. The van der Waals surface area contributed by atoms with Gasteiger partial charge in [0.1, 0.15) is 0 Å². The fourth-order valence-corrected chi connectivity index (χ4v) is 0.914. The number of carbonyl (C=O) groups is 1. The first-order chi connectivity index (χ1) is 6.49. The normalized spacial score (nSPS) is 11.4. The molecule has 0 saturated heterocycles. The number of aromatic nitrogens is 4. The van der Waals surface area contributed by atoms with Gasteiger partial charge in [0, 0.05) is 12.6 Å². The topological polar surface area (TPSA) is 74.8 Å². The Balaban J connectivity index is 2.81. The molecule has 0 fully saturated rings. The number of H-pyrrole nitrogens is 1. The molecule has 0 aliphatic carbocycles. The molecule has 0 atom stereocenters. The van der Waals surface area contributed by atoms with Crippen molar-refractivity contribution in [3.8, 4) is 0 Å². The second kappa shape index (κ2) is 3.73. The molecular formula is C8H15N5O. The van der Waals surface area contributed by atoms with Crippen LogP contribution in [0.3, 0.4) is 0 Å². The van der Waals surface area contributed by atoms with E-state index >= 15 is 0 Å². The molecule has 14 heavy (non-hydrogen) atoms. The van der Waals surface area contributed by atoms with Crippen molar-refractivity contribution < 1.29 is 4.79 Å². The minimum Gasteiger partial charge on any atom is -0.334 e. The quantitative estimate of drug-likeness (QED) is 0.763. The molecule has 1 aromatic rings. The van der Waals surface area contributed by atoms with E-state index in [1.165, 1.54) is 0 Å². The minimum atomic E-state index is -0.217. The largest absolute Gasteiger partial charge is 0.334 e. The van der Waals surface area contributed by atoms with Crippen LogP contribution in [0.5, 0.6) is 0 Å². The average Bonchev–Trinajstić information content (AvgIpc) is 2.68. The Labute approximate surface area is 82.7 Å². The van der Waals surface area contributed by atoms with Gasteiger partial charge in [-0.1, -0.05) is 6.92 Å². The molecule has 0 unspecified atom stereocenters. The van der Waals surface area contributed by atoms with Gasteiger partial charge in [0.25, 0.3) is 11.7 Å². The summed E-state index contributed by atoms with van der Waals surface area (Å²) in [5.41, 5.74) is -0.197. The van der Waals surface area contributed by atoms with Gasteiger partial charge in [0.2, 0.25) is 0 Å². The predicted molar refractivity (Wildman–Crippen MR) is 50.6 cm³/mol. The number of tetrazole rings is 1. The molecular weight excluding hydrogens is 182 g/mol. The molecule has 78 valence electrons. The van der Waals surface area contributed by atoms with Crippen molar-refractivity contribution in [3.05, 3.63) is 5.82 Å². The summed E-state index contributed by atoms with van der Waals surface area (Å²) in [6.07, 6.45) is 0.868. The Bertz CT molecular complexity index is 306. The monoisotopic (exact) mass is 197 g/mol. The molecule has 0 radical (unpaired) electrons. The Hall–Kier alpha value is -1.46. The van der Waals surface area contributed by atoms with E-state index in [9.17, 15) is 4.79 Å². The highest BCUT2D eigenvalue weighted by Crippen LogP contribution is 2.17. The number of amides is 1. The van der Waals surface area contributed by atoms with E-state index < -0.39 is 0 Å². The molecule has 0 saturated carbocycles. The summed E-state index contributed by atoms with van der Waals surface area (Å²) in [6.45, 7) is 6.01. The van der Waals surface area contributed by atoms with Crippen LogP contribution in [0, 0.1) is 0 Å². The van der Waals surface area contributed by atoms with Crippen molar-refractivity contribution in [2.45, 2.75) is 32.7 Å². The molecule has 6 heteroatoms. The van der Waals surface area contributed by atoms with E-state index in [4.69, 9.17) is 0 Å². The van der Waals surface area contributed by atoms with Crippen LogP contribution in [0.25, 0.3) is 0 Å². The maximum atomic E-state index is 11.8. The van der Waals surface area contributed by atoms with Gasteiger partial charge in [0.15, 0.2) is 0 Å². The van der Waals surface area contributed by atoms with Crippen molar-refractivity contribution in [1.82, 2.24) is 25.5 Å². The molecule has 0 aliphatic rings. The molecule has 1 rings (SSSR count). The van der Waals surface area contributed by atoms with E-state index in [0.717, 1.165) is 6.42 Å². The van der Waals surface area contributed by atoms with Crippen LogP contribution in [0.4, 0.5) is 0 Å². The summed E-state index contributed by atoms with van der Waals surface area (Å²) in [6, 6.07) is 0. The molecule has 6 nitrogen and oxygen atoms in total. The van der Waals surface area contributed by atoms with Crippen molar-refractivity contribution in [3.63, 3.8) is 0 Å². The third-order valence-electron chi connectivity index (χ3n) is 2.61. The zero-order chi connectivity index (χ0) is 10.8. The Morgan fingerprint density at radius 2 is 2.21 bits per heavy atom. The second-order valence-electron chi connectivity index (χ2n) is 3.77. The van der Waals surface area contributed by atoms with Crippen LogP contribution >= 0.6 is 0 Å². The summed E-state index contributed by atoms with van der Waals surface area (Å²) in [7, 11) is 1.74. The third-order valence-corrected chi connectivity index (χ3v) is 2.61. The number of nitrogens with one attached hydrogen (secondary N) is 1. The Morgan fingerprint density at radius 3 is 2.64 bits per heavy atom. The highest BCUT2D eigenvalue weighted by Gasteiger charge is 2.28. The number of nitrogens with zero attached hydrogens (tertiary/aromatic N) is 4.